The largest absolute Gasteiger partial charge is 0.288 e. The van der Waals surface area contributed by atoms with Gasteiger partial charge in [-0.1, -0.05) is 26.8 Å². The Bertz CT molecular complexity index is 422. The molecular formula is C15H24N2. The van der Waals surface area contributed by atoms with Gasteiger partial charge in [0.1, 0.15) is 0 Å². The van der Waals surface area contributed by atoms with Gasteiger partial charge >= 0.3 is 0 Å². The van der Waals surface area contributed by atoms with Crippen LogP contribution < -0.4 is 0 Å². The van der Waals surface area contributed by atoms with Gasteiger partial charge in [-0.25, -0.2) is 0 Å². The van der Waals surface area contributed by atoms with E-state index in [0.29, 0.717) is 0 Å². The smallest absolute Gasteiger partial charge is 0.0589 e. The maximum Gasteiger partial charge on any atom is 0.0589 e. The summed E-state index contributed by atoms with van der Waals surface area (Å²) in [5.74, 6) is 0. The highest BCUT2D eigenvalue weighted by Gasteiger charge is 2.29. The van der Waals surface area contributed by atoms with Crippen LogP contribution in [0.25, 0.3) is 0 Å². The number of hydrogen-bond donors (Lipinski definition) is 0. The van der Waals surface area contributed by atoms with E-state index in [2.05, 4.69) is 57.5 Å². The first-order valence-electron chi connectivity index (χ1n) is 6.41. The van der Waals surface area contributed by atoms with Crippen LogP contribution in [0.5, 0.6) is 0 Å². The molecule has 94 valence electrons. The van der Waals surface area contributed by atoms with Crippen molar-refractivity contribution in [3.05, 3.63) is 29.1 Å². The average Bonchev–Trinajstić information content (AvgIpc) is 2.57. The van der Waals surface area contributed by atoms with Crippen molar-refractivity contribution in [2.24, 2.45) is 0 Å². The summed E-state index contributed by atoms with van der Waals surface area (Å²) < 4.78 is 0. The fourth-order valence-electron chi connectivity index (χ4n) is 2.14. The van der Waals surface area contributed by atoms with Crippen LogP contribution in [0.4, 0.5) is 0 Å². The van der Waals surface area contributed by atoms with E-state index in [1.807, 2.05) is 6.20 Å². The van der Waals surface area contributed by atoms with Gasteiger partial charge in [0.05, 0.1) is 5.69 Å². The van der Waals surface area contributed by atoms with Crippen LogP contribution in [-0.4, -0.2) is 15.4 Å². The van der Waals surface area contributed by atoms with E-state index < -0.39 is 0 Å². The Labute approximate surface area is 105 Å². The molecule has 2 heteroatoms. The molecule has 0 aliphatic carbocycles. The van der Waals surface area contributed by atoms with Gasteiger partial charge in [0.25, 0.3) is 0 Å². The summed E-state index contributed by atoms with van der Waals surface area (Å²) in [6, 6.07) is 2.34. The van der Waals surface area contributed by atoms with Crippen LogP contribution in [-0.2, 0) is 18.5 Å². The SMILES string of the molecule is CC(C)(C)c1cnc2c(c1)CN(C(C)(C)C)C2. The van der Waals surface area contributed by atoms with Gasteiger partial charge in [-0.15, -0.1) is 0 Å². The Morgan fingerprint density at radius 1 is 1.06 bits per heavy atom. The summed E-state index contributed by atoms with van der Waals surface area (Å²) in [4.78, 5) is 7.13. The molecular weight excluding hydrogens is 208 g/mol. The first-order valence-corrected chi connectivity index (χ1v) is 6.41. The Balaban J connectivity index is 2.29. The van der Waals surface area contributed by atoms with Crippen molar-refractivity contribution >= 4 is 0 Å². The second-order valence-electron chi connectivity index (χ2n) is 7.11. The predicted molar refractivity (Wildman–Crippen MR) is 71.9 cm³/mol. The zero-order valence-corrected chi connectivity index (χ0v) is 12.0. The summed E-state index contributed by atoms with van der Waals surface area (Å²) in [6.45, 7) is 15.6. The van der Waals surface area contributed by atoms with Crippen molar-refractivity contribution in [1.82, 2.24) is 9.88 Å². The molecule has 1 aromatic rings. The quantitative estimate of drug-likeness (QED) is 0.680. The molecule has 0 N–H and O–H groups in total. The molecule has 0 aromatic carbocycles. The minimum atomic E-state index is 0.192. The molecule has 2 heterocycles. The third kappa shape index (κ3) is 2.52. The van der Waals surface area contributed by atoms with Crippen LogP contribution in [0, 0.1) is 0 Å². The molecule has 1 aliphatic heterocycles. The van der Waals surface area contributed by atoms with Crippen molar-refractivity contribution in [3.63, 3.8) is 0 Å². The van der Waals surface area contributed by atoms with E-state index in [9.17, 15) is 0 Å². The molecule has 2 nitrogen and oxygen atoms in total. The molecule has 1 aromatic heterocycles. The fourth-order valence-corrected chi connectivity index (χ4v) is 2.14. The van der Waals surface area contributed by atoms with Crippen LogP contribution in [0.1, 0.15) is 58.4 Å². The second kappa shape index (κ2) is 3.81. The van der Waals surface area contributed by atoms with Gasteiger partial charge in [0.2, 0.25) is 0 Å². The zero-order chi connectivity index (χ0) is 12.8. The molecule has 0 spiro atoms. The molecule has 0 amide bonds. The van der Waals surface area contributed by atoms with Crippen molar-refractivity contribution in [1.29, 1.82) is 0 Å². The van der Waals surface area contributed by atoms with Gasteiger partial charge in [0.15, 0.2) is 0 Å². The third-order valence-electron chi connectivity index (χ3n) is 3.58. The number of hydrogen-bond acceptors (Lipinski definition) is 2. The summed E-state index contributed by atoms with van der Waals surface area (Å²) >= 11 is 0. The fraction of sp³-hybridized carbons (Fsp3) is 0.667. The lowest BCUT2D eigenvalue weighted by atomic mass is 9.87. The van der Waals surface area contributed by atoms with E-state index in [4.69, 9.17) is 0 Å². The number of fused-ring (bicyclic) bond motifs is 1. The van der Waals surface area contributed by atoms with Gasteiger partial charge in [0, 0.05) is 24.8 Å². The van der Waals surface area contributed by atoms with Crippen molar-refractivity contribution < 1.29 is 0 Å². The molecule has 0 unspecified atom stereocenters. The van der Waals surface area contributed by atoms with E-state index in [1.165, 1.54) is 16.8 Å². The second-order valence-corrected chi connectivity index (χ2v) is 7.11. The first kappa shape index (κ1) is 12.6. The standard InChI is InChI=1S/C15H24N2/c1-14(2,3)12-7-11-9-17(15(4,5)6)10-13(11)16-8-12/h7-8H,9-10H2,1-6H3. The first-order chi connectivity index (χ1) is 7.68. The van der Waals surface area contributed by atoms with Crippen LogP contribution in [0.2, 0.25) is 0 Å². The summed E-state index contributed by atoms with van der Waals surface area (Å²) in [5.41, 5.74) is 4.42. The molecule has 0 atom stereocenters. The van der Waals surface area contributed by atoms with Crippen LogP contribution in [0.15, 0.2) is 12.3 Å². The minimum absolute atomic E-state index is 0.192. The average molecular weight is 232 g/mol. The maximum atomic E-state index is 4.65. The summed E-state index contributed by atoms with van der Waals surface area (Å²) in [6.07, 6.45) is 2.05. The summed E-state index contributed by atoms with van der Waals surface area (Å²) in [5, 5.41) is 0. The van der Waals surface area contributed by atoms with Crippen molar-refractivity contribution in [2.45, 2.75) is 65.6 Å². The van der Waals surface area contributed by atoms with E-state index >= 15 is 0 Å². The lowest BCUT2D eigenvalue weighted by Crippen LogP contribution is -2.36. The maximum absolute atomic E-state index is 4.65. The van der Waals surface area contributed by atoms with E-state index in [0.717, 1.165) is 13.1 Å². The number of aromatic nitrogens is 1. The van der Waals surface area contributed by atoms with E-state index in [1.54, 1.807) is 0 Å². The number of rotatable bonds is 0. The van der Waals surface area contributed by atoms with Crippen molar-refractivity contribution in [2.75, 3.05) is 0 Å². The van der Waals surface area contributed by atoms with Gasteiger partial charge in [-0.05, 0) is 37.3 Å². The Morgan fingerprint density at radius 3 is 2.24 bits per heavy atom. The molecule has 0 bridgehead atoms. The Kier molecular flexibility index (Phi) is 2.81. The highest BCUT2D eigenvalue weighted by atomic mass is 15.2. The topological polar surface area (TPSA) is 16.1 Å². The Morgan fingerprint density at radius 2 is 1.71 bits per heavy atom. The van der Waals surface area contributed by atoms with Crippen LogP contribution >= 0.6 is 0 Å². The molecule has 0 radical (unpaired) electrons. The minimum Gasteiger partial charge on any atom is -0.288 e. The van der Waals surface area contributed by atoms with Gasteiger partial charge < -0.3 is 0 Å². The van der Waals surface area contributed by atoms with Gasteiger partial charge in [-0.3, -0.25) is 9.88 Å². The molecule has 2 rings (SSSR count). The lowest BCUT2D eigenvalue weighted by Gasteiger charge is -2.31. The Hall–Kier alpha value is -0.890. The van der Waals surface area contributed by atoms with Crippen LogP contribution in [0.3, 0.4) is 0 Å². The number of nitrogens with zero attached hydrogens (tertiary/aromatic N) is 2. The monoisotopic (exact) mass is 232 g/mol. The molecule has 0 saturated carbocycles. The third-order valence-corrected chi connectivity index (χ3v) is 3.58. The number of pyridine rings is 1. The highest BCUT2D eigenvalue weighted by Crippen LogP contribution is 2.31. The molecule has 0 fully saturated rings. The molecule has 0 saturated heterocycles. The molecule has 17 heavy (non-hydrogen) atoms. The predicted octanol–water partition coefficient (Wildman–Crippen LogP) is 3.49. The zero-order valence-electron chi connectivity index (χ0n) is 12.0. The highest BCUT2D eigenvalue weighted by molar-refractivity contribution is 5.32. The van der Waals surface area contributed by atoms with Crippen molar-refractivity contribution in [3.8, 4) is 0 Å². The summed E-state index contributed by atoms with van der Waals surface area (Å²) in [7, 11) is 0. The van der Waals surface area contributed by atoms with E-state index in [-0.39, 0.29) is 11.0 Å². The molecule has 1 aliphatic rings. The lowest BCUT2D eigenvalue weighted by molar-refractivity contribution is 0.135. The van der Waals surface area contributed by atoms with Gasteiger partial charge in [-0.2, -0.15) is 0 Å². The normalized spacial score (nSPS) is 17.3.